The molecule has 2 aliphatic heterocycles. The molecule has 0 aromatic heterocycles. The zero-order valence-corrected chi connectivity index (χ0v) is 11.4. The van der Waals surface area contributed by atoms with Crippen molar-refractivity contribution in [1.29, 1.82) is 0 Å². The van der Waals surface area contributed by atoms with Crippen LogP contribution in [0.3, 0.4) is 0 Å². The first-order valence-electron chi connectivity index (χ1n) is 6.63. The number of carbonyl (C=O) groups excluding carboxylic acids is 2. The number of Topliss-reactive ketones (excluding diaryl/α,β-unsaturated/α-hetero) is 1. The maximum atomic E-state index is 12.0. The molecule has 2 heterocycles. The SMILES string of the molecule is CC(=O)[C@@H]1[C@@H](c2ccc(C)cc2)[C@H]2C=C[C@]1(O)C(=O)O2. The summed E-state index contributed by atoms with van der Waals surface area (Å²) < 4.78 is 5.24. The molecular formula is C16H16O4. The number of fused-ring (bicyclic) bond motifs is 2. The fourth-order valence-electron chi connectivity index (χ4n) is 3.19. The van der Waals surface area contributed by atoms with E-state index in [4.69, 9.17) is 4.74 Å². The van der Waals surface area contributed by atoms with Gasteiger partial charge in [-0.2, -0.15) is 0 Å². The number of rotatable bonds is 2. The molecule has 1 saturated heterocycles. The fourth-order valence-corrected chi connectivity index (χ4v) is 3.19. The highest BCUT2D eigenvalue weighted by Crippen LogP contribution is 2.47. The van der Waals surface area contributed by atoms with E-state index in [0.29, 0.717) is 0 Å². The van der Waals surface area contributed by atoms with Crippen molar-refractivity contribution in [3.63, 3.8) is 0 Å². The normalized spacial score (nSPS) is 35.0. The average Bonchev–Trinajstić information content (AvgIpc) is 2.40. The van der Waals surface area contributed by atoms with Crippen molar-refractivity contribution in [1.82, 2.24) is 0 Å². The van der Waals surface area contributed by atoms with Gasteiger partial charge in [0.1, 0.15) is 11.9 Å². The van der Waals surface area contributed by atoms with Crippen LogP contribution in [0.25, 0.3) is 0 Å². The van der Waals surface area contributed by atoms with E-state index < -0.39 is 23.6 Å². The van der Waals surface area contributed by atoms with Crippen LogP contribution in [-0.2, 0) is 14.3 Å². The number of carbonyl (C=O) groups is 2. The molecule has 0 amide bonds. The molecule has 20 heavy (non-hydrogen) atoms. The Kier molecular flexibility index (Phi) is 2.80. The molecular weight excluding hydrogens is 256 g/mol. The van der Waals surface area contributed by atoms with Crippen LogP contribution in [0.1, 0.15) is 24.0 Å². The Morgan fingerprint density at radius 1 is 1.30 bits per heavy atom. The molecule has 4 heteroatoms. The molecule has 1 N–H and O–H groups in total. The summed E-state index contributed by atoms with van der Waals surface area (Å²) in [5.41, 5.74) is 0.173. The minimum Gasteiger partial charge on any atom is -0.455 e. The summed E-state index contributed by atoms with van der Waals surface area (Å²) in [5.74, 6) is -2.06. The van der Waals surface area contributed by atoms with Crippen molar-refractivity contribution >= 4 is 11.8 Å². The summed E-state index contributed by atoms with van der Waals surface area (Å²) in [6, 6.07) is 7.73. The number of aryl methyl sites for hydroxylation is 1. The molecule has 1 aromatic rings. The molecule has 4 nitrogen and oxygen atoms in total. The van der Waals surface area contributed by atoms with Crippen LogP contribution in [0.4, 0.5) is 0 Å². The number of hydrogen-bond acceptors (Lipinski definition) is 4. The molecule has 0 spiro atoms. The lowest BCUT2D eigenvalue weighted by Gasteiger charge is -2.47. The van der Waals surface area contributed by atoms with Crippen molar-refractivity contribution in [2.45, 2.75) is 31.5 Å². The highest BCUT2D eigenvalue weighted by Gasteiger charge is 2.59. The number of ether oxygens (including phenoxy) is 1. The van der Waals surface area contributed by atoms with Gasteiger partial charge in [0.15, 0.2) is 5.60 Å². The Balaban J connectivity index is 2.11. The number of esters is 1. The van der Waals surface area contributed by atoms with E-state index in [-0.39, 0.29) is 11.7 Å². The molecule has 1 aliphatic carbocycles. The van der Waals surface area contributed by atoms with E-state index in [0.717, 1.165) is 11.1 Å². The van der Waals surface area contributed by atoms with Crippen LogP contribution < -0.4 is 0 Å². The molecule has 0 radical (unpaired) electrons. The molecule has 4 atom stereocenters. The van der Waals surface area contributed by atoms with Gasteiger partial charge in [0.25, 0.3) is 0 Å². The van der Waals surface area contributed by atoms with Gasteiger partial charge in [-0.1, -0.05) is 29.8 Å². The Labute approximate surface area is 117 Å². The minimum atomic E-state index is -1.84. The maximum absolute atomic E-state index is 12.0. The molecule has 0 unspecified atom stereocenters. The number of aliphatic hydroxyl groups is 1. The second-order valence-electron chi connectivity index (χ2n) is 5.58. The monoisotopic (exact) mass is 272 g/mol. The Morgan fingerprint density at radius 2 is 1.95 bits per heavy atom. The summed E-state index contributed by atoms with van der Waals surface area (Å²) in [4.78, 5) is 23.8. The molecule has 1 aromatic carbocycles. The zero-order valence-electron chi connectivity index (χ0n) is 11.4. The summed E-state index contributed by atoms with van der Waals surface area (Å²) in [6.07, 6.45) is 2.58. The van der Waals surface area contributed by atoms with Gasteiger partial charge in [-0.15, -0.1) is 0 Å². The van der Waals surface area contributed by atoms with E-state index in [1.807, 2.05) is 31.2 Å². The van der Waals surface area contributed by atoms with Crippen molar-refractivity contribution in [3.05, 3.63) is 47.5 Å². The predicted octanol–water partition coefficient (Wildman–Crippen LogP) is 1.51. The van der Waals surface area contributed by atoms with E-state index in [1.165, 1.54) is 13.0 Å². The third-order valence-electron chi connectivity index (χ3n) is 4.20. The van der Waals surface area contributed by atoms with Gasteiger partial charge < -0.3 is 9.84 Å². The zero-order chi connectivity index (χ0) is 14.5. The lowest BCUT2D eigenvalue weighted by molar-refractivity contribution is -0.189. The molecule has 104 valence electrons. The van der Waals surface area contributed by atoms with Crippen LogP contribution in [0.5, 0.6) is 0 Å². The van der Waals surface area contributed by atoms with Crippen LogP contribution in [0.15, 0.2) is 36.4 Å². The van der Waals surface area contributed by atoms with E-state index >= 15 is 0 Å². The van der Waals surface area contributed by atoms with Crippen molar-refractivity contribution in [2.75, 3.05) is 0 Å². The molecule has 1 fully saturated rings. The van der Waals surface area contributed by atoms with E-state index in [1.54, 1.807) is 6.08 Å². The van der Waals surface area contributed by atoms with Gasteiger partial charge >= 0.3 is 5.97 Å². The molecule has 3 aliphatic rings. The topological polar surface area (TPSA) is 63.6 Å². The van der Waals surface area contributed by atoms with Crippen molar-refractivity contribution < 1.29 is 19.4 Å². The summed E-state index contributed by atoms with van der Waals surface area (Å²) in [7, 11) is 0. The second kappa shape index (κ2) is 4.28. The van der Waals surface area contributed by atoms with Gasteiger partial charge in [-0.05, 0) is 31.6 Å². The Bertz CT molecular complexity index is 601. The summed E-state index contributed by atoms with van der Waals surface area (Å²) in [5, 5.41) is 10.5. The van der Waals surface area contributed by atoms with Gasteiger partial charge in [-0.3, -0.25) is 4.79 Å². The van der Waals surface area contributed by atoms with Gasteiger partial charge in [0.2, 0.25) is 0 Å². The van der Waals surface area contributed by atoms with Gasteiger partial charge in [0.05, 0.1) is 5.92 Å². The van der Waals surface area contributed by atoms with Crippen molar-refractivity contribution in [3.8, 4) is 0 Å². The number of benzene rings is 1. The third kappa shape index (κ3) is 1.72. The molecule has 2 bridgehead atoms. The predicted molar refractivity (Wildman–Crippen MR) is 72.1 cm³/mol. The van der Waals surface area contributed by atoms with E-state index in [2.05, 4.69) is 0 Å². The number of ketones is 1. The highest BCUT2D eigenvalue weighted by atomic mass is 16.6. The first kappa shape index (κ1) is 13.1. The Hall–Kier alpha value is -1.94. The Morgan fingerprint density at radius 3 is 2.50 bits per heavy atom. The first-order valence-corrected chi connectivity index (χ1v) is 6.63. The lowest BCUT2D eigenvalue weighted by atomic mass is 9.65. The van der Waals surface area contributed by atoms with Gasteiger partial charge in [0, 0.05) is 5.92 Å². The third-order valence-corrected chi connectivity index (χ3v) is 4.20. The highest BCUT2D eigenvalue weighted by molar-refractivity contribution is 5.94. The van der Waals surface area contributed by atoms with Crippen LogP contribution in [0.2, 0.25) is 0 Å². The lowest BCUT2D eigenvalue weighted by Crippen LogP contribution is -2.60. The van der Waals surface area contributed by atoms with Crippen molar-refractivity contribution in [2.24, 2.45) is 5.92 Å². The first-order chi connectivity index (χ1) is 9.43. The average molecular weight is 272 g/mol. The van der Waals surface area contributed by atoms with E-state index in [9.17, 15) is 14.7 Å². The van der Waals surface area contributed by atoms with Crippen LogP contribution in [0, 0.1) is 12.8 Å². The quantitative estimate of drug-likeness (QED) is 0.655. The summed E-state index contributed by atoms with van der Waals surface area (Å²) in [6.45, 7) is 3.39. The standard InChI is InChI=1S/C16H16O4/c1-9-3-5-11(6-4-9)13-12-7-8-16(19,15(18)20-12)14(13)10(2)17/h3-8,12-14,19H,1-2H3/t12-,13+,14-,16-/m1/s1. The second-order valence-corrected chi connectivity index (χ2v) is 5.58. The maximum Gasteiger partial charge on any atom is 0.343 e. The fraction of sp³-hybridized carbons (Fsp3) is 0.375. The minimum absolute atomic E-state index is 0.205. The largest absolute Gasteiger partial charge is 0.455 e. The summed E-state index contributed by atoms with van der Waals surface area (Å²) >= 11 is 0. The van der Waals surface area contributed by atoms with Crippen LogP contribution in [-0.4, -0.2) is 28.6 Å². The molecule has 0 saturated carbocycles. The van der Waals surface area contributed by atoms with Gasteiger partial charge in [-0.25, -0.2) is 4.79 Å². The number of hydrogen-bond donors (Lipinski definition) is 1. The van der Waals surface area contributed by atoms with Crippen LogP contribution >= 0.6 is 0 Å². The molecule has 4 rings (SSSR count). The smallest absolute Gasteiger partial charge is 0.343 e.